The Balaban J connectivity index is 2.96. The van der Waals surface area contributed by atoms with Crippen molar-refractivity contribution >= 4 is 40.3 Å². The summed E-state index contributed by atoms with van der Waals surface area (Å²) in [5, 5.41) is 0. The van der Waals surface area contributed by atoms with Crippen LogP contribution in [-0.4, -0.2) is 6.26 Å². The van der Waals surface area contributed by atoms with E-state index in [0.717, 1.165) is 0 Å². The standard InChI is InChI=1S/C7H8INS/c1-10-7-5-3-2-4-6(7)9-8/h2-5,9H,1H3. The van der Waals surface area contributed by atoms with Crippen LogP contribution in [0.3, 0.4) is 0 Å². The fourth-order valence-corrected chi connectivity index (χ4v) is 1.93. The highest BCUT2D eigenvalue weighted by atomic mass is 127. The van der Waals surface area contributed by atoms with Crippen LogP contribution in [0.5, 0.6) is 0 Å². The first-order valence-electron chi connectivity index (χ1n) is 2.88. The maximum absolute atomic E-state index is 3.10. The van der Waals surface area contributed by atoms with Gasteiger partial charge in [0.1, 0.15) is 0 Å². The second-order valence-corrected chi connectivity index (χ2v) is 3.18. The molecule has 0 atom stereocenters. The highest BCUT2D eigenvalue weighted by molar-refractivity contribution is 14.1. The molecule has 1 rings (SSSR count). The number of benzene rings is 1. The second kappa shape index (κ2) is 4.08. The summed E-state index contributed by atoms with van der Waals surface area (Å²) in [4.78, 5) is 1.29. The quantitative estimate of drug-likeness (QED) is 0.500. The van der Waals surface area contributed by atoms with Crippen molar-refractivity contribution in [2.45, 2.75) is 4.90 Å². The van der Waals surface area contributed by atoms with Crippen molar-refractivity contribution in [3.63, 3.8) is 0 Å². The molecule has 10 heavy (non-hydrogen) atoms. The summed E-state index contributed by atoms with van der Waals surface area (Å²) in [6, 6.07) is 8.24. The van der Waals surface area contributed by atoms with Gasteiger partial charge < -0.3 is 3.53 Å². The molecule has 0 spiro atoms. The number of nitrogens with one attached hydrogen (secondary N) is 1. The van der Waals surface area contributed by atoms with E-state index in [-0.39, 0.29) is 0 Å². The van der Waals surface area contributed by atoms with Crippen molar-refractivity contribution in [3.8, 4) is 0 Å². The highest BCUT2D eigenvalue weighted by Crippen LogP contribution is 2.25. The van der Waals surface area contributed by atoms with Crippen molar-refractivity contribution < 1.29 is 0 Å². The molecule has 0 fully saturated rings. The van der Waals surface area contributed by atoms with E-state index in [9.17, 15) is 0 Å². The zero-order valence-corrected chi connectivity index (χ0v) is 8.57. The molecular formula is C7H8INS. The summed E-state index contributed by atoms with van der Waals surface area (Å²) >= 11 is 3.89. The molecule has 0 aliphatic carbocycles. The van der Waals surface area contributed by atoms with Gasteiger partial charge in [-0.25, -0.2) is 0 Å². The molecule has 0 aliphatic rings. The van der Waals surface area contributed by atoms with Crippen LogP contribution in [0.4, 0.5) is 5.69 Å². The lowest BCUT2D eigenvalue weighted by atomic mass is 10.3. The van der Waals surface area contributed by atoms with E-state index in [0.29, 0.717) is 0 Å². The summed E-state index contributed by atoms with van der Waals surface area (Å²) in [5.74, 6) is 0. The topological polar surface area (TPSA) is 12.0 Å². The largest absolute Gasteiger partial charge is 0.327 e. The fourth-order valence-electron chi connectivity index (χ4n) is 0.723. The van der Waals surface area contributed by atoms with Gasteiger partial charge in [-0.05, 0) is 18.4 Å². The van der Waals surface area contributed by atoms with Gasteiger partial charge in [0.05, 0.1) is 28.6 Å². The summed E-state index contributed by atoms with van der Waals surface area (Å²) in [6.07, 6.45) is 2.08. The van der Waals surface area contributed by atoms with Crippen molar-refractivity contribution in [1.29, 1.82) is 0 Å². The van der Waals surface area contributed by atoms with Gasteiger partial charge in [-0.3, -0.25) is 0 Å². The van der Waals surface area contributed by atoms with Crippen molar-refractivity contribution in [2.75, 3.05) is 9.79 Å². The number of rotatable bonds is 2. The maximum Gasteiger partial charge on any atom is 0.0564 e. The van der Waals surface area contributed by atoms with Crippen LogP contribution >= 0.6 is 34.6 Å². The third-order valence-corrected chi connectivity index (χ3v) is 2.59. The van der Waals surface area contributed by atoms with E-state index in [2.05, 4.69) is 44.8 Å². The van der Waals surface area contributed by atoms with Gasteiger partial charge in [-0.1, -0.05) is 12.1 Å². The smallest absolute Gasteiger partial charge is 0.0564 e. The lowest BCUT2D eigenvalue weighted by Crippen LogP contribution is -1.80. The van der Waals surface area contributed by atoms with Crippen LogP contribution in [0.2, 0.25) is 0 Å². The summed E-state index contributed by atoms with van der Waals surface area (Å²) in [6.45, 7) is 0. The molecule has 0 aromatic heterocycles. The van der Waals surface area contributed by atoms with Gasteiger partial charge >= 0.3 is 0 Å². The molecule has 0 bridgehead atoms. The molecule has 3 heteroatoms. The number of hydrogen-bond acceptors (Lipinski definition) is 2. The van der Waals surface area contributed by atoms with Crippen LogP contribution in [0.15, 0.2) is 29.2 Å². The van der Waals surface area contributed by atoms with Crippen LogP contribution in [0, 0.1) is 0 Å². The van der Waals surface area contributed by atoms with Gasteiger partial charge in [-0.15, -0.1) is 11.8 Å². The molecule has 1 aromatic rings. The van der Waals surface area contributed by atoms with Crippen molar-refractivity contribution in [3.05, 3.63) is 24.3 Å². The lowest BCUT2D eigenvalue weighted by Gasteiger charge is -2.02. The van der Waals surface area contributed by atoms with Crippen LogP contribution < -0.4 is 3.53 Å². The lowest BCUT2D eigenvalue weighted by molar-refractivity contribution is 1.47. The molecule has 0 aliphatic heterocycles. The summed E-state index contributed by atoms with van der Waals surface area (Å²) in [7, 11) is 0. The molecule has 0 amide bonds. The molecular weight excluding hydrogens is 257 g/mol. The van der Waals surface area contributed by atoms with Gasteiger partial charge in [0.25, 0.3) is 0 Å². The number of para-hydroxylation sites is 1. The Bertz CT molecular complexity index is 192. The van der Waals surface area contributed by atoms with Crippen molar-refractivity contribution in [2.24, 2.45) is 0 Å². The molecule has 54 valence electrons. The average molecular weight is 265 g/mol. The number of anilines is 1. The zero-order valence-electron chi connectivity index (χ0n) is 5.60. The molecule has 0 unspecified atom stereocenters. The van der Waals surface area contributed by atoms with Gasteiger partial charge in [-0.2, -0.15) is 0 Å². The van der Waals surface area contributed by atoms with E-state index in [4.69, 9.17) is 0 Å². The number of halogens is 1. The number of thioether (sulfide) groups is 1. The Morgan fingerprint density at radius 2 is 2.10 bits per heavy atom. The Morgan fingerprint density at radius 1 is 1.40 bits per heavy atom. The normalized spacial score (nSPS) is 9.40. The van der Waals surface area contributed by atoms with Crippen LogP contribution in [0.25, 0.3) is 0 Å². The number of hydrogen-bond donors (Lipinski definition) is 1. The van der Waals surface area contributed by atoms with E-state index in [1.165, 1.54) is 10.6 Å². The highest BCUT2D eigenvalue weighted by Gasteiger charge is 1.95. The van der Waals surface area contributed by atoms with Crippen molar-refractivity contribution in [1.82, 2.24) is 0 Å². The van der Waals surface area contributed by atoms with Gasteiger partial charge in [0.15, 0.2) is 0 Å². The summed E-state index contributed by atoms with van der Waals surface area (Å²) in [5.41, 5.74) is 1.19. The molecule has 1 aromatic carbocycles. The zero-order chi connectivity index (χ0) is 7.40. The Morgan fingerprint density at radius 3 is 2.60 bits per heavy atom. The predicted molar refractivity (Wildman–Crippen MR) is 55.9 cm³/mol. The fraction of sp³-hybridized carbons (Fsp3) is 0.143. The van der Waals surface area contributed by atoms with Gasteiger partial charge in [0, 0.05) is 4.90 Å². The Kier molecular flexibility index (Phi) is 3.34. The third kappa shape index (κ3) is 1.79. The SMILES string of the molecule is CSc1ccccc1NI. The molecule has 0 radical (unpaired) electrons. The first kappa shape index (κ1) is 8.20. The third-order valence-electron chi connectivity index (χ3n) is 1.21. The monoisotopic (exact) mass is 265 g/mol. The van der Waals surface area contributed by atoms with Gasteiger partial charge in [0.2, 0.25) is 0 Å². The molecule has 0 saturated carbocycles. The molecule has 0 heterocycles. The summed E-state index contributed by atoms with van der Waals surface area (Å²) < 4.78 is 3.10. The minimum absolute atomic E-state index is 1.19. The molecule has 1 nitrogen and oxygen atoms in total. The van der Waals surface area contributed by atoms with E-state index in [1.807, 2.05) is 12.1 Å². The minimum Gasteiger partial charge on any atom is -0.327 e. The second-order valence-electron chi connectivity index (χ2n) is 1.79. The maximum atomic E-state index is 3.10. The van der Waals surface area contributed by atoms with E-state index < -0.39 is 0 Å². The first-order valence-corrected chi connectivity index (χ1v) is 5.18. The van der Waals surface area contributed by atoms with E-state index >= 15 is 0 Å². The molecule has 1 N–H and O–H groups in total. The van der Waals surface area contributed by atoms with Crippen LogP contribution in [0.1, 0.15) is 0 Å². The Labute approximate surface area is 79.1 Å². The Hall–Kier alpha value is 0.1000. The predicted octanol–water partition coefficient (Wildman–Crippen LogP) is 3.17. The average Bonchev–Trinajstić information content (AvgIpc) is 2.04. The van der Waals surface area contributed by atoms with Crippen LogP contribution in [-0.2, 0) is 0 Å². The first-order chi connectivity index (χ1) is 4.88. The van der Waals surface area contributed by atoms with E-state index in [1.54, 1.807) is 11.8 Å². The minimum atomic E-state index is 1.19. The molecule has 0 saturated heterocycles.